The van der Waals surface area contributed by atoms with E-state index in [1.54, 1.807) is 0 Å². The molecule has 0 fully saturated rings. The van der Waals surface area contributed by atoms with Crippen molar-refractivity contribution in [3.05, 3.63) is 59.4 Å². The minimum absolute atomic E-state index is 0.0400. The van der Waals surface area contributed by atoms with E-state index >= 15 is 0 Å². The summed E-state index contributed by atoms with van der Waals surface area (Å²) in [5, 5.41) is 2.95. The lowest BCUT2D eigenvalue weighted by Gasteiger charge is -2.06. The number of aryl methyl sites for hydroxylation is 3. The third-order valence-corrected chi connectivity index (χ3v) is 4.22. The Morgan fingerprint density at radius 3 is 2.50 bits per heavy atom. The quantitative estimate of drug-likeness (QED) is 0.713. The summed E-state index contributed by atoms with van der Waals surface area (Å²) >= 11 is 0. The van der Waals surface area contributed by atoms with Crippen LogP contribution >= 0.6 is 0 Å². The van der Waals surface area contributed by atoms with E-state index in [0.29, 0.717) is 6.42 Å². The number of H-pyrrole nitrogens is 1. The molecule has 4 nitrogen and oxygen atoms in total. The molecule has 1 heterocycles. The number of anilines is 1. The SMILES string of the molecule is CCc1ccc(NC(=O)CCc2ccc3nc(CC)[nH]c3c2)cc1. The van der Waals surface area contributed by atoms with Gasteiger partial charge in [0.1, 0.15) is 5.82 Å². The summed E-state index contributed by atoms with van der Waals surface area (Å²) in [6.07, 6.45) is 3.08. The number of aromatic nitrogens is 2. The Kier molecular flexibility index (Phi) is 4.94. The first kappa shape index (κ1) is 16.2. The third-order valence-electron chi connectivity index (χ3n) is 4.22. The van der Waals surface area contributed by atoms with Crippen LogP contribution < -0.4 is 5.32 Å². The van der Waals surface area contributed by atoms with Crippen molar-refractivity contribution in [1.29, 1.82) is 0 Å². The lowest BCUT2D eigenvalue weighted by molar-refractivity contribution is -0.116. The van der Waals surface area contributed by atoms with Gasteiger partial charge in [-0.25, -0.2) is 4.98 Å². The zero-order valence-corrected chi connectivity index (χ0v) is 14.2. The van der Waals surface area contributed by atoms with Gasteiger partial charge in [0.15, 0.2) is 0 Å². The number of rotatable bonds is 6. The Balaban J connectivity index is 1.58. The second kappa shape index (κ2) is 7.30. The highest BCUT2D eigenvalue weighted by atomic mass is 16.1. The number of fused-ring (bicyclic) bond motifs is 1. The van der Waals surface area contributed by atoms with Gasteiger partial charge in [0.05, 0.1) is 11.0 Å². The molecule has 0 aliphatic heterocycles. The van der Waals surface area contributed by atoms with Crippen LogP contribution in [0, 0.1) is 0 Å². The maximum atomic E-state index is 12.1. The molecule has 24 heavy (non-hydrogen) atoms. The number of hydrogen-bond acceptors (Lipinski definition) is 2. The highest BCUT2D eigenvalue weighted by Crippen LogP contribution is 2.16. The van der Waals surface area contributed by atoms with E-state index in [9.17, 15) is 4.79 Å². The number of aromatic amines is 1. The van der Waals surface area contributed by atoms with E-state index < -0.39 is 0 Å². The molecule has 2 aromatic carbocycles. The van der Waals surface area contributed by atoms with Crippen LogP contribution in [0.15, 0.2) is 42.5 Å². The molecule has 1 aromatic heterocycles. The van der Waals surface area contributed by atoms with E-state index in [1.807, 2.05) is 36.4 Å². The largest absolute Gasteiger partial charge is 0.342 e. The van der Waals surface area contributed by atoms with Crippen LogP contribution in [0.1, 0.15) is 37.2 Å². The predicted molar refractivity (Wildman–Crippen MR) is 98.2 cm³/mol. The molecule has 0 bridgehead atoms. The average Bonchev–Trinajstić information content (AvgIpc) is 3.03. The molecule has 3 rings (SSSR count). The summed E-state index contributed by atoms with van der Waals surface area (Å²) in [4.78, 5) is 19.9. The van der Waals surface area contributed by atoms with Gasteiger partial charge in [0.2, 0.25) is 5.91 Å². The smallest absolute Gasteiger partial charge is 0.224 e. The summed E-state index contributed by atoms with van der Waals surface area (Å²) in [6.45, 7) is 4.20. The van der Waals surface area contributed by atoms with Gasteiger partial charge >= 0.3 is 0 Å². The third kappa shape index (κ3) is 3.82. The Morgan fingerprint density at radius 1 is 1.04 bits per heavy atom. The maximum absolute atomic E-state index is 12.1. The van der Waals surface area contributed by atoms with Gasteiger partial charge in [-0.3, -0.25) is 4.79 Å². The standard InChI is InChI=1S/C20H23N3O/c1-3-14-5-9-16(10-6-14)21-20(24)12-8-15-7-11-17-18(13-15)23-19(4-2)22-17/h5-7,9-11,13H,3-4,8,12H2,1-2H3,(H,21,24)(H,22,23). The van der Waals surface area contributed by atoms with Crippen LogP contribution in [0.25, 0.3) is 11.0 Å². The molecule has 0 saturated heterocycles. The first-order valence-electron chi connectivity index (χ1n) is 8.54. The highest BCUT2D eigenvalue weighted by molar-refractivity contribution is 5.90. The molecule has 0 spiro atoms. The Morgan fingerprint density at radius 2 is 1.79 bits per heavy atom. The van der Waals surface area contributed by atoms with E-state index in [2.05, 4.69) is 35.2 Å². The Labute approximate surface area is 142 Å². The van der Waals surface area contributed by atoms with Crippen molar-refractivity contribution in [1.82, 2.24) is 9.97 Å². The molecule has 0 saturated carbocycles. The van der Waals surface area contributed by atoms with Crippen molar-refractivity contribution in [2.75, 3.05) is 5.32 Å². The van der Waals surface area contributed by atoms with Gasteiger partial charge in [0, 0.05) is 18.5 Å². The van der Waals surface area contributed by atoms with Crippen LogP contribution in [0.4, 0.5) is 5.69 Å². The Hall–Kier alpha value is -2.62. The monoisotopic (exact) mass is 321 g/mol. The van der Waals surface area contributed by atoms with Crippen molar-refractivity contribution in [2.45, 2.75) is 39.5 Å². The van der Waals surface area contributed by atoms with Gasteiger partial charge in [-0.1, -0.05) is 32.0 Å². The number of carbonyl (C=O) groups excluding carboxylic acids is 1. The molecule has 0 atom stereocenters. The highest BCUT2D eigenvalue weighted by Gasteiger charge is 2.06. The van der Waals surface area contributed by atoms with Crippen LogP contribution in [0.5, 0.6) is 0 Å². The van der Waals surface area contributed by atoms with Crippen LogP contribution in [0.3, 0.4) is 0 Å². The summed E-state index contributed by atoms with van der Waals surface area (Å²) in [5.41, 5.74) is 5.29. The van der Waals surface area contributed by atoms with Crippen LogP contribution in [-0.2, 0) is 24.1 Å². The van der Waals surface area contributed by atoms with Crippen molar-refractivity contribution in [2.24, 2.45) is 0 Å². The molecule has 3 aromatic rings. The second-order valence-corrected chi connectivity index (χ2v) is 5.99. The van der Waals surface area contributed by atoms with Crippen molar-refractivity contribution >= 4 is 22.6 Å². The second-order valence-electron chi connectivity index (χ2n) is 5.99. The molecule has 0 radical (unpaired) electrons. The summed E-state index contributed by atoms with van der Waals surface area (Å²) < 4.78 is 0. The molecule has 124 valence electrons. The van der Waals surface area contributed by atoms with Crippen molar-refractivity contribution in [3.63, 3.8) is 0 Å². The molecular formula is C20H23N3O. The number of nitrogens with one attached hydrogen (secondary N) is 2. The number of amides is 1. The Bertz CT molecular complexity index is 834. The molecule has 0 aliphatic carbocycles. The molecule has 0 aliphatic rings. The fraction of sp³-hybridized carbons (Fsp3) is 0.300. The molecule has 1 amide bonds. The number of carbonyl (C=O) groups is 1. The first-order chi connectivity index (χ1) is 11.7. The maximum Gasteiger partial charge on any atom is 0.224 e. The fourth-order valence-electron chi connectivity index (χ4n) is 2.74. The minimum Gasteiger partial charge on any atom is -0.342 e. The normalized spacial score (nSPS) is 10.9. The number of hydrogen-bond donors (Lipinski definition) is 2. The van der Waals surface area contributed by atoms with E-state index in [4.69, 9.17) is 0 Å². The zero-order chi connectivity index (χ0) is 16.9. The van der Waals surface area contributed by atoms with Gasteiger partial charge in [-0.15, -0.1) is 0 Å². The van der Waals surface area contributed by atoms with E-state index in [-0.39, 0.29) is 5.91 Å². The van der Waals surface area contributed by atoms with Gasteiger partial charge in [-0.05, 0) is 48.2 Å². The molecule has 2 N–H and O–H groups in total. The molecule has 4 heteroatoms. The minimum atomic E-state index is 0.0400. The van der Waals surface area contributed by atoms with Crippen molar-refractivity contribution < 1.29 is 4.79 Å². The first-order valence-corrected chi connectivity index (χ1v) is 8.54. The number of benzene rings is 2. The van der Waals surface area contributed by atoms with E-state index in [0.717, 1.165) is 47.4 Å². The van der Waals surface area contributed by atoms with Gasteiger partial charge < -0.3 is 10.3 Å². The number of nitrogens with zero attached hydrogens (tertiary/aromatic N) is 1. The van der Waals surface area contributed by atoms with Gasteiger partial charge in [0.25, 0.3) is 0 Å². The lowest BCUT2D eigenvalue weighted by atomic mass is 10.1. The topological polar surface area (TPSA) is 57.8 Å². The lowest BCUT2D eigenvalue weighted by Crippen LogP contribution is -2.12. The number of imidazole rings is 1. The molecule has 0 unspecified atom stereocenters. The van der Waals surface area contributed by atoms with Crippen LogP contribution in [0.2, 0.25) is 0 Å². The summed E-state index contributed by atoms with van der Waals surface area (Å²) in [6, 6.07) is 14.2. The van der Waals surface area contributed by atoms with Gasteiger partial charge in [-0.2, -0.15) is 0 Å². The predicted octanol–water partition coefficient (Wildman–Crippen LogP) is 4.26. The average molecular weight is 321 g/mol. The van der Waals surface area contributed by atoms with Crippen LogP contribution in [-0.4, -0.2) is 15.9 Å². The van der Waals surface area contributed by atoms with Crippen molar-refractivity contribution in [3.8, 4) is 0 Å². The summed E-state index contributed by atoms with van der Waals surface area (Å²) in [7, 11) is 0. The fourth-order valence-corrected chi connectivity index (χ4v) is 2.74. The van der Waals surface area contributed by atoms with E-state index in [1.165, 1.54) is 5.56 Å². The zero-order valence-electron chi connectivity index (χ0n) is 14.2. The summed E-state index contributed by atoms with van der Waals surface area (Å²) in [5.74, 6) is 1.04. The molecular weight excluding hydrogens is 298 g/mol.